The van der Waals surface area contributed by atoms with Gasteiger partial charge in [-0.15, -0.1) is 13.2 Å². The largest absolute Gasteiger partial charge is 0.573 e. The molecule has 0 saturated heterocycles. The van der Waals surface area contributed by atoms with Gasteiger partial charge in [-0.2, -0.15) is 5.26 Å². The first-order valence-electron chi connectivity index (χ1n) is 3.93. The Bertz CT molecular complexity index is 439. The highest BCUT2D eigenvalue weighted by Crippen LogP contribution is 2.31. The summed E-state index contributed by atoms with van der Waals surface area (Å²) < 4.78 is 39.7. The van der Waals surface area contributed by atoms with Crippen LogP contribution in [0.3, 0.4) is 0 Å². The summed E-state index contributed by atoms with van der Waals surface area (Å²) in [6.45, 7) is -0.791. The van der Waals surface area contributed by atoms with Crippen molar-refractivity contribution in [1.82, 2.24) is 4.98 Å². The first-order valence-corrected chi connectivity index (χ1v) is 3.93. The van der Waals surface area contributed by atoms with Crippen molar-refractivity contribution in [2.24, 2.45) is 0 Å². The third-order valence-corrected chi connectivity index (χ3v) is 1.62. The van der Waals surface area contributed by atoms with Gasteiger partial charge >= 0.3 is 6.36 Å². The molecule has 1 heterocycles. The van der Waals surface area contributed by atoms with Gasteiger partial charge in [-0.1, -0.05) is 0 Å². The maximum atomic E-state index is 12.0. The Labute approximate surface area is 87.9 Å². The van der Waals surface area contributed by atoms with Gasteiger partial charge in [0.25, 0.3) is 0 Å². The summed E-state index contributed by atoms with van der Waals surface area (Å²) in [6, 6.07) is 1.46. The standard InChI is InChI=1S/C8H6F3N3O2/c9-8(10,11)16-7-4(1-12)5(13)2-14-6(7)3-15/h2,15H,3,13H2. The highest BCUT2D eigenvalue weighted by molar-refractivity contribution is 5.61. The molecule has 0 aliphatic rings. The molecule has 0 bridgehead atoms. The smallest absolute Gasteiger partial charge is 0.402 e. The number of alkyl halides is 3. The van der Waals surface area contributed by atoms with Gasteiger partial charge in [0.15, 0.2) is 5.75 Å². The van der Waals surface area contributed by atoms with Gasteiger partial charge in [-0.05, 0) is 0 Å². The SMILES string of the molecule is N#Cc1c(N)cnc(CO)c1OC(F)(F)F. The molecular weight excluding hydrogens is 227 g/mol. The van der Waals surface area contributed by atoms with Crippen molar-refractivity contribution in [2.75, 3.05) is 5.73 Å². The van der Waals surface area contributed by atoms with Crippen molar-refractivity contribution in [1.29, 1.82) is 5.26 Å². The molecule has 16 heavy (non-hydrogen) atoms. The van der Waals surface area contributed by atoms with E-state index in [4.69, 9.17) is 16.1 Å². The van der Waals surface area contributed by atoms with Gasteiger partial charge in [-0.3, -0.25) is 4.98 Å². The van der Waals surface area contributed by atoms with E-state index in [1.165, 1.54) is 6.07 Å². The summed E-state index contributed by atoms with van der Waals surface area (Å²) in [4.78, 5) is 3.44. The highest BCUT2D eigenvalue weighted by atomic mass is 19.4. The molecule has 0 unspecified atom stereocenters. The van der Waals surface area contributed by atoms with Crippen molar-refractivity contribution in [2.45, 2.75) is 13.0 Å². The minimum Gasteiger partial charge on any atom is -0.402 e. The molecule has 3 N–H and O–H groups in total. The fraction of sp³-hybridized carbons (Fsp3) is 0.250. The summed E-state index contributed by atoms with van der Waals surface area (Å²) in [5.74, 6) is -0.863. The Kier molecular flexibility index (Phi) is 3.20. The second-order valence-corrected chi connectivity index (χ2v) is 2.68. The highest BCUT2D eigenvalue weighted by Gasteiger charge is 2.34. The number of nitrogens with two attached hydrogens (primary N) is 1. The molecular formula is C8H6F3N3O2. The summed E-state index contributed by atoms with van der Waals surface area (Å²) in [5, 5.41) is 17.4. The first-order chi connectivity index (χ1) is 7.39. The van der Waals surface area contributed by atoms with Crippen molar-refractivity contribution < 1.29 is 23.0 Å². The minimum atomic E-state index is -4.98. The van der Waals surface area contributed by atoms with Gasteiger partial charge < -0.3 is 15.6 Å². The Morgan fingerprint density at radius 1 is 1.56 bits per heavy atom. The van der Waals surface area contributed by atoms with Crippen LogP contribution in [0.4, 0.5) is 18.9 Å². The fourth-order valence-electron chi connectivity index (χ4n) is 1.000. The Hall–Kier alpha value is -2.01. The zero-order chi connectivity index (χ0) is 12.3. The van der Waals surface area contributed by atoms with Crippen LogP contribution in [0.5, 0.6) is 5.75 Å². The number of hydrogen-bond acceptors (Lipinski definition) is 5. The van der Waals surface area contributed by atoms with E-state index in [-0.39, 0.29) is 5.69 Å². The van der Waals surface area contributed by atoms with E-state index in [1.54, 1.807) is 0 Å². The quantitative estimate of drug-likeness (QED) is 0.792. The molecule has 5 nitrogen and oxygen atoms in total. The monoisotopic (exact) mass is 233 g/mol. The Balaban J connectivity index is 3.33. The molecule has 0 amide bonds. The number of hydrogen-bond donors (Lipinski definition) is 2. The number of ether oxygens (including phenoxy) is 1. The Morgan fingerprint density at radius 3 is 2.62 bits per heavy atom. The predicted molar refractivity (Wildman–Crippen MR) is 46.0 cm³/mol. The number of nitriles is 1. The summed E-state index contributed by atoms with van der Waals surface area (Å²) in [5.41, 5.74) is 4.11. The van der Waals surface area contributed by atoms with Crippen molar-refractivity contribution >= 4 is 5.69 Å². The maximum Gasteiger partial charge on any atom is 0.573 e. The molecule has 0 saturated carbocycles. The van der Waals surface area contributed by atoms with Gasteiger partial charge in [0.1, 0.15) is 17.3 Å². The molecule has 0 atom stereocenters. The van der Waals surface area contributed by atoms with Crippen LogP contribution in [0.2, 0.25) is 0 Å². The number of halogens is 3. The fourth-order valence-corrected chi connectivity index (χ4v) is 1.000. The number of pyridine rings is 1. The van der Waals surface area contributed by atoms with Crippen molar-refractivity contribution in [3.05, 3.63) is 17.5 Å². The lowest BCUT2D eigenvalue weighted by atomic mass is 10.2. The van der Waals surface area contributed by atoms with Crippen LogP contribution < -0.4 is 10.5 Å². The van der Waals surface area contributed by atoms with Gasteiger partial charge in [-0.25, -0.2) is 0 Å². The van der Waals surface area contributed by atoms with Crippen LogP contribution in [0.15, 0.2) is 6.20 Å². The number of rotatable bonds is 2. The summed E-state index contributed by atoms with van der Waals surface area (Å²) >= 11 is 0. The molecule has 8 heteroatoms. The van der Waals surface area contributed by atoms with Gasteiger partial charge in [0.2, 0.25) is 0 Å². The van der Waals surface area contributed by atoms with E-state index < -0.39 is 30.0 Å². The van der Waals surface area contributed by atoms with E-state index in [0.29, 0.717) is 0 Å². The molecule has 86 valence electrons. The Morgan fingerprint density at radius 2 is 2.19 bits per heavy atom. The van der Waals surface area contributed by atoms with Gasteiger partial charge in [0, 0.05) is 0 Å². The van der Waals surface area contributed by atoms with E-state index in [9.17, 15) is 13.2 Å². The number of nitrogens with zero attached hydrogens (tertiary/aromatic N) is 2. The molecule has 1 rings (SSSR count). The minimum absolute atomic E-state index is 0.251. The van der Waals surface area contributed by atoms with Crippen LogP contribution in [0.1, 0.15) is 11.3 Å². The average molecular weight is 233 g/mol. The molecule has 1 aromatic heterocycles. The van der Waals surface area contributed by atoms with Crippen LogP contribution in [0, 0.1) is 11.3 Å². The van der Waals surface area contributed by atoms with Crippen LogP contribution >= 0.6 is 0 Å². The zero-order valence-corrected chi connectivity index (χ0v) is 7.75. The van der Waals surface area contributed by atoms with Crippen LogP contribution in [0.25, 0.3) is 0 Å². The second kappa shape index (κ2) is 4.24. The third kappa shape index (κ3) is 2.52. The maximum absolute atomic E-state index is 12.0. The first kappa shape index (κ1) is 12.1. The molecule has 0 aromatic carbocycles. The molecule has 0 fully saturated rings. The summed E-state index contributed by atoms with van der Waals surface area (Å²) in [6.07, 6.45) is -4.00. The normalized spacial score (nSPS) is 10.9. The molecule has 0 aliphatic carbocycles. The number of aliphatic hydroxyl groups excluding tert-OH is 1. The van der Waals surface area contributed by atoms with Gasteiger partial charge in [0.05, 0.1) is 18.5 Å². The molecule has 0 spiro atoms. The topological polar surface area (TPSA) is 92.2 Å². The molecule has 0 aliphatic heterocycles. The average Bonchev–Trinajstić information content (AvgIpc) is 2.16. The van der Waals surface area contributed by atoms with Crippen molar-refractivity contribution in [3.63, 3.8) is 0 Å². The number of anilines is 1. The van der Waals surface area contributed by atoms with E-state index >= 15 is 0 Å². The number of aliphatic hydroxyl groups is 1. The molecule has 0 radical (unpaired) electrons. The second-order valence-electron chi connectivity index (χ2n) is 2.68. The molecule has 1 aromatic rings. The van der Waals surface area contributed by atoms with Crippen LogP contribution in [-0.2, 0) is 6.61 Å². The van der Waals surface area contributed by atoms with Crippen molar-refractivity contribution in [3.8, 4) is 11.8 Å². The lowest BCUT2D eigenvalue weighted by molar-refractivity contribution is -0.275. The third-order valence-electron chi connectivity index (χ3n) is 1.62. The number of nitrogen functional groups attached to an aromatic ring is 1. The van der Waals surface area contributed by atoms with E-state index in [2.05, 4.69) is 9.72 Å². The lowest BCUT2D eigenvalue weighted by Gasteiger charge is -2.13. The van der Waals surface area contributed by atoms with E-state index in [0.717, 1.165) is 6.20 Å². The summed E-state index contributed by atoms with van der Waals surface area (Å²) in [7, 11) is 0. The van der Waals surface area contributed by atoms with Crippen LogP contribution in [-0.4, -0.2) is 16.5 Å². The zero-order valence-electron chi connectivity index (χ0n) is 7.75. The van der Waals surface area contributed by atoms with E-state index in [1.807, 2.05) is 0 Å². The lowest BCUT2D eigenvalue weighted by Crippen LogP contribution is -2.20. The number of aromatic nitrogens is 1. The predicted octanol–water partition coefficient (Wildman–Crippen LogP) is 0.926.